The van der Waals surface area contributed by atoms with Crippen molar-refractivity contribution in [1.29, 1.82) is 0 Å². The maximum absolute atomic E-state index is 12.0. The summed E-state index contributed by atoms with van der Waals surface area (Å²) in [5, 5.41) is 2.79. The highest BCUT2D eigenvalue weighted by atomic mass is 16.2. The molecule has 0 spiro atoms. The Morgan fingerprint density at radius 3 is 2.26 bits per heavy atom. The van der Waals surface area contributed by atoms with Crippen molar-refractivity contribution in [3.05, 3.63) is 30.1 Å². The first-order valence-corrected chi connectivity index (χ1v) is 6.49. The summed E-state index contributed by atoms with van der Waals surface area (Å²) in [5.74, 6) is -0.794. The van der Waals surface area contributed by atoms with E-state index in [2.05, 4.69) is 10.3 Å². The van der Waals surface area contributed by atoms with E-state index in [4.69, 9.17) is 0 Å². The van der Waals surface area contributed by atoms with Gasteiger partial charge < -0.3 is 5.32 Å². The van der Waals surface area contributed by atoms with E-state index in [9.17, 15) is 9.59 Å². The third-order valence-corrected chi connectivity index (χ3v) is 2.85. The van der Waals surface area contributed by atoms with Gasteiger partial charge in [-0.2, -0.15) is 0 Å². The van der Waals surface area contributed by atoms with Crippen LogP contribution >= 0.6 is 0 Å². The molecule has 1 heterocycles. The van der Waals surface area contributed by atoms with Crippen LogP contribution in [0, 0.1) is 11.3 Å². The van der Waals surface area contributed by atoms with E-state index in [0.717, 1.165) is 5.69 Å². The third-order valence-electron chi connectivity index (χ3n) is 2.85. The van der Waals surface area contributed by atoms with Crippen molar-refractivity contribution in [2.75, 3.05) is 0 Å². The zero-order chi connectivity index (χ0) is 14.6. The Bertz CT molecular complexity index is 447. The van der Waals surface area contributed by atoms with E-state index < -0.39 is 17.1 Å². The van der Waals surface area contributed by atoms with Crippen LogP contribution in [0.5, 0.6) is 0 Å². The number of ketones is 1. The first-order valence-electron chi connectivity index (χ1n) is 6.49. The summed E-state index contributed by atoms with van der Waals surface area (Å²) in [6.07, 6.45) is 1.68. The lowest BCUT2D eigenvalue weighted by Crippen LogP contribution is -2.41. The van der Waals surface area contributed by atoms with Gasteiger partial charge in [0, 0.05) is 11.6 Å². The quantitative estimate of drug-likeness (QED) is 0.848. The summed E-state index contributed by atoms with van der Waals surface area (Å²) in [4.78, 5) is 28.2. The van der Waals surface area contributed by atoms with Gasteiger partial charge in [0.05, 0.1) is 11.7 Å². The van der Waals surface area contributed by atoms with Crippen LogP contribution in [-0.4, -0.2) is 16.7 Å². The number of carbonyl (C=O) groups excluding carboxylic acids is 2. The second-order valence-corrected chi connectivity index (χ2v) is 6.03. The molecule has 104 valence electrons. The normalized spacial score (nSPS) is 13.2. The van der Waals surface area contributed by atoms with Crippen molar-refractivity contribution in [3.63, 3.8) is 0 Å². The number of nitrogens with zero attached hydrogens (tertiary/aromatic N) is 1. The average Bonchev–Trinajstić information content (AvgIpc) is 2.34. The number of nitrogens with one attached hydrogen (secondary N) is 1. The first kappa shape index (κ1) is 15.3. The van der Waals surface area contributed by atoms with Crippen molar-refractivity contribution in [3.8, 4) is 0 Å². The van der Waals surface area contributed by atoms with E-state index in [1.165, 1.54) is 0 Å². The molecule has 0 aliphatic heterocycles. The summed E-state index contributed by atoms with van der Waals surface area (Å²) in [7, 11) is 0. The summed E-state index contributed by atoms with van der Waals surface area (Å²) in [6.45, 7) is 9.18. The molecule has 0 unspecified atom stereocenters. The van der Waals surface area contributed by atoms with E-state index in [-0.39, 0.29) is 12.0 Å². The lowest BCUT2D eigenvalue weighted by Gasteiger charge is -2.23. The van der Waals surface area contributed by atoms with Crippen molar-refractivity contribution in [1.82, 2.24) is 10.3 Å². The first-order chi connectivity index (χ1) is 8.73. The van der Waals surface area contributed by atoms with Crippen LogP contribution in [-0.2, 0) is 9.59 Å². The molecule has 19 heavy (non-hydrogen) atoms. The second kappa shape index (κ2) is 5.95. The van der Waals surface area contributed by atoms with Gasteiger partial charge in [0.25, 0.3) is 5.91 Å². The fourth-order valence-electron chi connectivity index (χ4n) is 1.69. The van der Waals surface area contributed by atoms with Crippen LogP contribution < -0.4 is 5.32 Å². The molecule has 0 saturated heterocycles. The smallest absolute Gasteiger partial charge is 0.288 e. The number of aromatic nitrogens is 1. The van der Waals surface area contributed by atoms with Gasteiger partial charge in [-0.25, -0.2) is 0 Å². The Morgan fingerprint density at radius 1 is 1.21 bits per heavy atom. The fourth-order valence-corrected chi connectivity index (χ4v) is 1.69. The number of rotatable bonds is 4. The summed E-state index contributed by atoms with van der Waals surface area (Å²) in [6, 6.07) is 5.30. The molecule has 4 nitrogen and oxygen atoms in total. The molecule has 1 aromatic rings. The number of carbonyl (C=O) groups is 2. The molecule has 0 aliphatic carbocycles. The van der Waals surface area contributed by atoms with Crippen LogP contribution in [0.15, 0.2) is 24.4 Å². The fraction of sp³-hybridized carbons (Fsp3) is 0.533. The van der Waals surface area contributed by atoms with Crippen LogP contribution in [0.3, 0.4) is 0 Å². The second-order valence-electron chi connectivity index (χ2n) is 6.03. The van der Waals surface area contributed by atoms with Crippen molar-refractivity contribution in [2.24, 2.45) is 11.3 Å². The van der Waals surface area contributed by atoms with Gasteiger partial charge in [0.1, 0.15) is 0 Å². The lowest BCUT2D eigenvalue weighted by atomic mass is 9.89. The molecule has 1 N–H and O–H groups in total. The van der Waals surface area contributed by atoms with Gasteiger partial charge in [-0.1, -0.05) is 40.7 Å². The molecule has 1 amide bonds. The SMILES string of the molecule is CC(C)[C@@H](NC(=O)C(=O)C(C)(C)C)c1ccccn1. The zero-order valence-electron chi connectivity index (χ0n) is 12.2. The van der Waals surface area contributed by atoms with E-state index in [1.807, 2.05) is 32.0 Å². The lowest BCUT2D eigenvalue weighted by molar-refractivity contribution is -0.143. The molecule has 4 heteroatoms. The summed E-state index contributed by atoms with van der Waals surface area (Å²) < 4.78 is 0. The highest BCUT2D eigenvalue weighted by Gasteiger charge is 2.30. The standard InChI is InChI=1S/C15H22N2O2/c1-10(2)12(11-8-6-7-9-16-11)17-14(19)13(18)15(3,4)5/h6-10,12H,1-5H3,(H,17,19)/t12-/m1/s1. The molecular weight excluding hydrogens is 240 g/mol. The van der Waals surface area contributed by atoms with Crippen LogP contribution in [0.4, 0.5) is 0 Å². The number of hydrogen-bond acceptors (Lipinski definition) is 3. The number of hydrogen-bond donors (Lipinski definition) is 1. The Morgan fingerprint density at radius 2 is 1.84 bits per heavy atom. The van der Waals surface area contributed by atoms with Crippen LogP contribution in [0.25, 0.3) is 0 Å². The molecule has 1 aromatic heterocycles. The maximum Gasteiger partial charge on any atom is 0.288 e. The molecule has 0 aromatic carbocycles. The topological polar surface area (TPSA) is 59.1 Å². The molecule has 0 aliphatic rings. The predicted octanol–water partition coefficient (Wildman–Crippen LogP) is 2.51. The molecule has 1 atom stereocenters. The molecule has 0 bridgehead atoms. The molecular formula is C15H22N2O2. The minimum atomic E-state index is -0.671. The van der Waals surface area contributed by atoms with Gasteiger partial charge in [-0.3, -0.25) is 14.6 Å². The maximum atomic E-state index is 12.0. The van der Waals surface area contributed by atoms with Crippen molar-refractivity contribution < 1.29 is 9.59 Å². The monoisotopic (exact) mass is 262 g/mol. The highest BCUT2D eigenvalue weighted by molar-refractivity contribution is 6.37. The van der Waals surface area contributed by atoms with Gasteiger partial charge in [0.15, 0.2) is 0 Å². The van der Waals surface area contributed by atoms with Crippen LogP contribution in [0.1, 0.15) is 46.4 Å². The largest absolute Gasteiger partial charge is 0.341 e. The van der Waals surface area contributed by atoms with Crippen molar-refractivity contribution in [2.45, 2.75) is 40.7 Å². The molecule has 0 radical (unpaired) electrons. The third kappa shape index (κ3) is 4.16. The molecule has 0 fully saturated rings. The molecule has 1 rings (SSSR count). The molecule has 0 saturated carbocycles. The van der Waals surface area contributed by atoms with E-state index in [0.29, 0.717) is 0 Å². The average molecular weight is 262 g/mol. The van der Waals surface area contributed by atoms with Gasteiger partial charge in [-0.05, 0) is 18.1 Å². The van der Waals surface area contributed by atoms with Gasteiger partial charge >= 0.3 is 0 Å². The van der Waals surface area contributed by atoms with Gasteiger partial charge in [-0.15, -0.1) is 0 Å². The minimum absolute atomic E-state index is 0.159. The number of Topliss-reactive ketones (excluding diaryl/α,β-unsaturated/α-hetero) is 1. The minimum Gasteiger partial charge on any atom is -0.341 e. The van der Waals surface area contributed by atoms with Crippen molar-refractivity contribution >= 4 is 11.7 Å². The Kier molecular flexibility index (Phi) is 4.81. The Balaban J connectivity index is 2.87. The van der Waals surface area contributed by atoms with E-state index in [1.54, 1.807) is 27.0 Å². The predicted molar refractivity (Wildman–Crippen MR) is 74.4 cm³/mol. The van der Waals surface area contributed by atoms with Crippen LogP contribution in [0.2, 0.25) is 0 Å². The number of amides is 1. The van der Waals surface area contributed by atoms with E-state index >= 15 is 0 Å². The highest BCUT2D eigenvalue weighted by Crippen LogP contribution is 2.21. The zero-order valence-corrected chi connectivity index (χ0v) is 12.2. The Labute approximate surface area is 114 Å². The summed E-state index contributed by atoms with van der Waals surface area (Å²) >= 11 is 0. The van der Waals surface area contributed by atoms with Gasteiger partial charge in [0.2, 0.25) is 5.78 Å². The number of pyridine rings is 1. The Hall–Kier alpha value is -1.71. The summed E-state index contributed by atoms with van der Waals surface area (Å²) in [5.41, 5.74) is 0.1000.